The molecule has 2 aromatic carbocycles. The fourth-order valence-corrected chi connectivity index (χ4v) is 7.76. The van der Waals surface area contributed by atoms with Gasteiger partial charge >= 0.3 is 5.97 Å². The smallest absolute Gasteiger partial charge is 0.307 e. The van der Waals surface area contributed by atoms with Crippen molar-refractivity contribution in [1.82, 2.24) is 0 Å². The first-order chi connectivity index (χ1) is 19.8. The van der Waals surface area contributed by atoms with E-state index in [2.05, 4.69) is 24.0 Å². The summed E-state index contributed by atoms with van der Waals surface area (Å²) in [5, 5.41) is 32.7. The molecule has 2 aromatic rings. The maximum atomic E-state index is 11.4. The molecule has 0 saturated carbocycles. The Kier molecular flexibility index (Phi) is 8.23. The summed E-state index contributed by atoms with van der Waals surface area (Å²) in [5.41, 5.74) is 4.27. The minimum absolute atomic E-state index is 0.0970. The lowest BCUT2D eigenvalue weighted by Gasteiger charge is -2.36. The molecule has 9 nitrogen and oxygen atoms in total. The van der Waals surface area contributed by atoms with E-state index in [-0.39, 0.29) is 24.4 Å². The van der Waals surface area contributed by atoms with Gasteiger partial charge in [-0.3, -0.25) is 9.35 Å². The zero-order valence-electron chi connectivity index (χ0n) is 23.8. The number of fused-ring (bicyclic) bond motifs is 2. The summed E-state index contributed by atoms with van der Waals surface area (Å²) >= 11 is 1.60. The fourth-order valence-electron chi connectivity index (χ4n) is 6.01. The zero-order chi connectivity index (χ0) is 30.4. The van der Waals surface area contributed by atoms with Crippen molar-refractivity contribution >= 4 is 39.2 Å². The molecule has 2 aliphatic heterocycles. The van der Waals surface area contributed by atoms with Crippen molar-refractivity contribution in [3.05, 3.63) is 87.8 Å². The van der Waals surface area contributed by atoms with E-state index in [1.807, 2.05) is 55.2 Å². The predicted molar refractivity (Wildman–Crippen MR) is 164 cm³/mol. The highest BCUT2D eigenvalue weighted by atomic mass is 32.2. The van der Waals surface area contributed by atoms with Gasteiger partial charge in [-0.2, -0.15) is 8.42 Å². The van der Waals surface area contributed by atoms with Gasteiger partial charge in [0.05, 0.1) is 34.9 Å². The monoisotopic (exact) mass is 612 g/mol. The van der Waals surface area contributed by atoms with E-state index in [9.17, 15) is 28.5 Å². The second-order valence-corrected chi connectivity index (χ2v) is 14.0. The van der Waals surface area contributed by atoms with Gasteiger partial charge in [0.15, 0.2) is 0 Å². The van der Waals surface area contributed by atoms with Crippen LogP contribution in [0.1, 0.15) is 44.7 Å². The lowest BCUT2D eigenvalue weighted by Crippen LogP contribution is -2.37. The van der Waals surface area contributed by atoms with E-state index in [0.717, 1.165) is 39.1 Å². The van der Waals surface area contributed by atoms with Crippen LogP contribution in [0.2, 0.25) is 0 Å². The molecular weight excluding hydrogens is 576 g/mol. The number of aliphatic hydroxyl groups is 2. The number of hydrogen-bond acceptors (Lipinski definition) is 8. The van der Waals surface area contributed by atoms with Crippen molar-refractivity contribution in [2.45, 2.75) is 56.4 Å². The maximum Gasteiger partial charge on any atom is 0.307 e. The predicted octanol–water partition coefficient (Wildman–Crippen LogP) is 5.24. The zero-order valence-corrected chi connectivity index (χ0v) is 25.5. The average molecular weight is 613 g/mol. The molecule has 0 spiro atoms. The summed E-state index contributed by atoms with van der Waals surface area (Å²) in [4.78, 5) is 16.7. The Hall–Kier alpha value is -3.25. The van der Waals surface area contributed by atoms with Crippen molar-refractivity contribution in [2.24, 2.45) is 5.92 Å². The summed E-state index contributed by atoms with van der Waals surface area (Å²) in [6.45, 7) is 7.28. The lowest BCUT2D eigenvalue weighted by atomic mass is 9.76. The van der Waals surface area contributed by atoms with Crippen molar-refractivity contribution in [2.75, 3.05) is 28.6 Å². The highest BCUT2D eigenvalue weighted by molar-refractivity contribution is 8.03. The summed E-state index contributed by atoms with van der Waals surface area (Å²) in [5.74, 6) is -1.81. The van der Waals surface area contributed by atoms with Crippen LogP contribution in [0.3, 0.4) is 0 Å². The van der Waals surface area contributed by atoms with Crippen LogP contribution >= 0.6 is 11.8 Å². The molecule has 0 amide bonds. The minimum atomic E-state index is -4.07. The summed E-state index contributed by atoms with van der Waals surface area (Å²) < 4.78 is 31.7. The Morgan fingerprint density at radius 1 is 1.10 bits per heavy atom. The fraction of sp³-hybridized carbons (Fsp3) is 0.387. The first-order valence-corrected chi connectivity index (χ1v) is 16.4. The molecule has 0 aromatic heterocycles. The van der Waals surface area contributed by atoms with E-state index in [0.29, 0.717) is 24.1 Å². The molecule has 0 saturated heterocycles. The van der Waals surface area contributed by atoms with Crippen LogP contribution in [-0.2, 0) is 26.7 Å². The van der Waals surface area contributed by atoms with E-state index in [1.54, 1.807) is 17.8 Å². The molecule has 4 N–H and O–H groups in total. The van der Waals surface area contributed by atoms with Gasteiger partial charge in [0.1, 0.15) is 5.76 Å². The number of para-hydroxylation sites is 1. The highest BCUT2D eigenvalue weighted by Gasteiger charge is 2.44. The Balaban J connectivity index is 1.46. The number of unbranched alkanes of at least 4 members (excludes halogenated alkanes) is 1. The second kappa shape index (κ2) is 11.4. The Morgan fingerprint density at radius 3 is 2.50 bits per heavy atom. The molecule has 0 fully saturated rings. The lowest BCUT2D eigenvalue weighted by molar-refractivity contribution is -0.136. The third kappa shape index (κ3) is 5.70. The molecule has 2 unspecified atom stereocenters. The van der Waals surface area contributed by atoms with Crippen molar-refractivity contribution in [1.29, 1.82) is 0 Å². The normalized spacial score (nSPS) is 23.0. The molecular formula is C31H36N2O7S2. The van der Waals surface area contributed by atoms with Crippen LogP contribution in [-0.4, -0.2) is 59.2 Å². The summed E-state index contributed by atoms with van der Waals surface area (Å²) in [6.07, 6.45) is 3.42. The van der Waals surface area contributed by atoms with Crippen LogP contribution < -0.4 is 9.80 Å². The number of hydrogen-bond donors (Lipinski definition) is 4. The molecule has 5 rings (SSSR count). The van der Waals surface area contributed by atoms with Gasteiger partial charge < -0.3 is 25.1 Å². The summed E-state index contributed by atoms with van der Waals surface area (Å²) in [6, 6.07) is 13.6. The number of thioether (sulfide) groups is 1. The number of benzene rings is 2. The van der Waals surface area contributed by atoms with Crippen molar-refractivity contribution in [3.8, 4) is 0 Å². The van der Waals surface area contributed by atoms with Crippen molar-refractivity contribution in [3.63, 3.8) is 0 Å². The van der Waals surface area contributed by atoms with Gasteiger partial charge in [0.25, 0.3) is 10.1 Å². The number of aliphatic carboxylic acids is 1. The molecule has 0 radical (unpaired) electrons. The topological polar surface area (TPSA) is 139 Å². The first kappa shape index (κ1) is 30.2. The average Bonchev–Trinajstić information content (AvgIpc) is 3.38. The number of carboxylic acids is 1. The Bertz CT molecular complexity index is 1610. The first-order valence-electron chi connectivity index (χ1n) is 14.0. The van der Waals surface area contributed by atoms with E-state index in [1.165, 1.54) is 0 Å². The number of anilines is 2. The van der Waals surface area contributed by atoms with Gasteiger partial charge in [-0.25, -0.2) is 0 Å². The molecule has 2 heterocycles. The SMILES string of the molecule is CCN1C(=CC2=C(O)C(C=C3N(CCCCS(=O)(=O)O)c4ccc(CC(=O)O)cc4C3(C)C)C2O)Sc2ccccc21. The minimum Gasteiger partial charge on any atom is -0.511 e. The van der Waals surface area contributed by atoms with Crippen LogP contribution in [0, 0.1) is 5.92 Å². The van der Waals surface area contributed by atoms with Crippen LogP contribution in [0.15, 0.2) is 81.6 Å². The number of nitrogens with zero attached hydrogens (tertiary/aromatic N) is 2. The maximum absolute atomic E-state index is 11.4. The van der Waals surface area contributed by atoms with Gasteiger partial charge in [0, 0.05) is 40.4 Å². The Labute approximate surface area is 250 Å². The van der Waals surface area contributed by atoms with Crippen molar-refractivity contribution < 1.29 is 33.1 Å². The molecule has 3 aliphatic rings. The Morgan fingerprint density at radius 2 is 1.83 bits per heavy atom. The van der Waals surface area contributed by atoms with E-state index < -0.39 is 33.5 Å². The number of carbonyl (C=O) groups is 1. The number of rotatable bonds is 10. The molecule has 224 valence electrons. The van der Waals surface area contributed by atoms with Crippen LogP contribution in [0.5, 0.6) is 0 Å². The molecule has 11 heteroatoms. The van der Waals surface area contributed by atoms with E-state index >= 15 is 0 Å². The molecule has 1 aliphatic carbocycles. The van der Waals surface area contributed by atoms with Gasteiger partial charge in [0.2, 0.25) is 0 Å². The van der Waals surface area contributed by atoms with Gasteiger partial charge in [-0.05, 0) is 55.2 Å². The van der Waals surface area contributed by atoms with Crippen LogP contribution in [0.4, 0.5) is 11.4 Å². The molecule has 2 atom stereocenters. The number of allylic oxidation sites excluding steroid dienone is 1. The number of aliphatic hydroxyl groups excluding tert-OH is 2. The summed E-state index contributed by atoms with van der Waals surface area (Å²) in [7, 11) is -4.07. The van der Waals surface area contributed by atoms with Crippen LogP contribution in [0.25, 0.3) is 0 Å². The quantitative estimate of drug-likeness (QED) is 0.208. The second-order valence-electron chi connectivity index (χ2n) is 11.4. The van der Waals surface area contributed by atoms with Gasteiger partial charge in [-0.1, -0.05) is 56.0 Å². The van der Waals surface area contributed by atoms with Gasteiger partial charge in [-0.15, -0.1) is 0 Å². The standard InChI is InChI=1S/C31H36N2O7S2/c1-4-32-24-9-5-6-10-25(24)41-27(32)18-21-29(36)20(30(21)37)17-26-31(2,3)22-15-19(16-28(34)35)11-12-23(22)33(26)13-7-8-14-42(38,39)40/h5-6,9-12,15,17-18,20,29,36-37H,4,7-8,13-14,16H2,1-3H3,(H,34,35)(H,38,39,40). The number of carboxylic acid groups (broad SMARTS) is 1. The highest BCUT2D eigenvalue weighted by Crippen LogP contribution is 2.51. The third-order valence-corrected chi connectivity index (χ3v) is 10.1. The molecule has 0 bridgehead atoms. The largest absolute Gasteiger partial charge is 0.511 e. The third-order valence-electron chi connectivity index (χ3n) is 8.19. The molecule has 42 heavy (non-hydrogen) atoms. The van der Waals surface area contributed by atoms with E-state index in [4.69, 9.17) is 4.55 Å².